The number of benzene rings is 1. The molecule has 0 saturated heterocycles. The molecule has 0 unspecified atom stereocenters. The molecule has 114 valence electrons. The molecule has 4 nitrogen and oxygen atoms in total. The zero-order valence-corrected chi connectivity index (χ0v) is 13.5. The monoisotopic (exact) mass is 304 g/mol. The Balaban J connectivity index is 1.63. The lowest BCUT2D eigenvalue weighted by molar-refractivity contribution is 0.591. The molecule has 0 fully saturated rings. The van der Waals surface area contributed by atoms with E-state index in [4.69, 9.17) is 0 Å². The molecule has 2 aromatic rings. The predicted octanol–water partition coefficient (Wildman–Crippen LogP) is 3.28. The highest BCUT2D eigenvalue weighted by Gasteiger charge is 2.01. The molecule has 21 heavy (non-hydrogen) atoms. The van der Waals surface area contributed by atoms with E-state index in [0.29, 0.717) is 0 Å². The van der Waals surface area contributed by atoms with Crippen LogP contribution in [-0.2, 0) is 6.54 Å². The maximum atomic E-state index is 4.48. The maximum absolute atomic E-state index is 4.48. The van der Waals surface area contributed by atoms with Crippen molar-refractivity contribution in [2.75, 3.05) is 18.6 Å². The molecular formula is C16H24N4S. The highest BCUT2D eigenvalue weighted by molar-refractivity contribution is 7.98. The minimum atomic E-state index is 0.789. The van der Waals surface area contributed by atoms with Crippen LogP contribution in [0.1, 0.15) is 31.4 Å². The summed E-state index contributed by atoms with van der Waals surface area (Å²) < 4.78 is 0. The molecule has 0 saturated carbocycles. The first kappa shape index (κ1) is 16.0. The van der Waals surface area contributed by atoms with E-state index in [1.54, 1.807) is 4.80 Å². The van der Waals surface area contributed by atoms with Gasteiger partial charge in [0.1, 0.15) is 0 Å². The van der Waals surface area contributed by atoms with Crippen molar-refractivity contribution < 1.29 is 0 Å². The second-order valence-corrected chi connectivity index (χ2v) is 6.03. The van der Waals surface area contributed by atoms with Crippen LogP contribution in [-0.4, -0.2) is 33.5 Å². The van der Waals surface area contributed by atoms with Crippen molar-refractivity contribution in [2.45, 2.75) is 32.2 Å². The first-order chi connectivity index (χ1) is 10.4. The Morgan fingerprint density at radius 3 is 2.71 bits per heavy atom. The minimum absolute atomic E-state index is 0.789. The van der Waals surface area contributed by atoms with E-state index in [0.717, 1.165) is 24.5 Å². The lowest BCUT2D eigenvalue weighted by atomic mass is 10.2. The lowest BCUT2D eigenvalue weighted by Gasteiger charge is -2.02. The number of aromatic nitrogens is 3. The number of hydrogen-bond donors (Lipinski definition) is 1. The van der Waals surface area contributed by atoms with Crippen LogP contribution in [0.4, 0.5) is 0 Å². The summed E-state index contributed by atoms with van der Waals surface area (Å²) in [6.07, 6.45) is 9.23. The van der Waals surface area contributed by atoms with Gasteiger partial charge in [0.15, 0.2) is 0 Å². The summed E-state index contributed by atoms with van der Waals surface area (Å²) in [6.45, 7) is 1.84. The Morgan fingerprint density at radius 1 is 1.10 bits per heavy atom. The van der Waals surface area contributed by atoms with Crippen LogP contribution in [0, 0.1) is 0 Å². The van der Waals surface area contributed by atoms with E-state index in [1.165, 1.54) is 31.4 Å². The van der Waals surface area contributed by atoms with Crippen LogP contribution in [0.5, 0.6) is 0 Å². The number of hydrogen-bond acceptors (Lipinski definition) is 4. The van der Waals surface area contributed by atoms with Crippen LogP contribution in [0.3, 0.4) is 0 Å². The van der Waals surface area contributed by atoms with Crippen LogP contribution in [0.25, 0.3) is 5.69 Å². The molecule has 2 rings (SSSR count). The second-order valence-electron chi connectivity index (χ2n) is 5.04. The number of unbranched alkanes of at least 4 members (excludes halogenated alkanes) is 3. The fraction of sp³-hybridized carbons (Fsp3) is 0.500. The van der Waals surface area contributed by atoms with Gasteiger partial charge >= 0.3 is 0 Å². The summed E-state index contributed by atoms with van der Waals surface area (Å²) in [5.41, 5.74) is 1.98. The number of rotatable bonds is 10. The van der Waals surface area contributed by atoms with Crippen LogP contribution in [0.15, 0.2) is 36.5 Å². The standard InChI is InChI=1S/C16H24N4S/c1-21-12-8-3-2-7-11-17-13-15-14-18-20(19-15)16-9-5-4-6-10-16/h4-6,9-10,14,17H,2-3,7-8,11-13H2,1H3. The third-order valence-corrected chi connectivity index (χ3v) is 3.98. The smallest absolute Gasteiger partial charge is 0.0969 e. The number of nitrogens with zero attached hydrogens (tertiary/aromatic N) is 3. The van der Waals surface area contributed by atoms with Crippen LogP contribution >= 0.6 is 11.8 Å². The zero-order chi connectivity index (χ0) is 14.8. The molecule has 1 aromatic heterocycles. The Hall–Kier alpha value is -1.33. The van der Waals surface area contributed by atoms with Gasteiger partial charge in [-0.1, -0.05) is 31.0 Å². The topological polar surface area (TPSA) is 42.7 Å². The highest BCUT2D eigenvalue weighted by atomic mass is 32.2. The van der Waals surface area contributed by atoms with Crippen molar-refractivity contribution in [3.05, 3.63) is 42.2 Å². The summed E-state index contributed by atoms with van der Waals surface area (Å²) in [6, 6.07) is 9.99. The van der Waals surface area contributed by atoms with Crippen molar-refractivity contribution in [3.63, 3.8) is 0 Å². The van der Waals surface area contributed by atoms with E-state index in [1.807, 2.05) is 48.3 Å². The van der Waals surface area contributed by atoms with Crippen molar-refractivity contribution in [3.8, 4) is 5.69 Å². The summed E-state index contributed by atoms with van der Waals surface area (Å²) in [7, 11) is 0. The third-order valence-electron chi connectivity index (χ3n) is 3.28. The van der Waals surface area contributed by atoms with E-state index in [-0.39, 0.29) is 0 Å². The van der Waals surface area contributed by atoms with Crippen molar-refractivity contribution >= 4 is 11.8 Å². The minimum Gasteiger partial charge on any atom is -0.311 e. The van der Waals surface area contributed by atoms with E-state index < -0.39 is 0 Å². The summed E-state index contributed by atoms with van der Waals surface area (Å²) in [5.74, 6) is 1.29. The molecule has 0 amide bonds. The summed E-state index contributed by atoms with van der Waals surface area (Å²) >= 11 is 1.93. The van der Waals surface area contributed by atoms with Gasteiger partial charge in [0.25, 0.3) is 0 Å². The zero-order valence-electron chi connectivity index (χ0n) is 12.7. The highest BCUT2D eigenvalue weighted by Crippen LogP contribution is 2.05. The van der Waals surface area contributed by atoms with Gasteiger partial charge in [-0.15, -0.1) is 0 Å². The molecule has 1 N–H and O–H groups in total. The largest absolute Gasteiger partial charge is 0.311 e. The van der Waals surface area contributed by atoms with Gasteiger partial charge in [-0.3, -0.25) is 0 Å². The van der Waals surface area contributed by atoms with Gasteiger partial charge in [-0.25, -0.2) is 0 Å². The fourth-order valence-corrected chi connectivity index (χ4v) is 2.62. The second kappa shape index (κ2) is 9.58. The van der Waals surface area contributed by atoms with Crippen molar-refractivity contribution in [1.29, 1.82) is 0 Å². The molecule has 0 aliphatic heterocycles. The normalized spacial score (nSPS) is 10.9. The van der Waals surface area contributed by atoms with Crippen LogP contribution < -0.4 is 5.32 Å². The van der Waals surface area contributed by atoms with E-state index >= 15 is 0 Å². The number of nitrogens with one attached hydrogen (secondary N) is 1. The quantitative estimate of drug-likeness (QED) is 0.684. The van der Waals surface area contributed by atoms with Crippen molar-refractivity contribution in [2.24, 2.45) is 0 Å². The SMILES string of the molecule is CSCCCCCCNCc1cnn(-c2ccccc2)n1. The van der Waals surface area contributed by atoms with Gasteiger partial charge in [-0.2, -0.15) is 26.8 Å². The number of para-hydroxylation sites is 1. The number of thioether (sulfide) groups is 1. The lowest BCUT2D eigenvalue weighted by Crippen LogP contribution is -2.15. The molecule has 0 spiro atoms. The molecule has 0 radical (unpaired) electrons. The van der Waals surface area contributed by atoms with E-state index in [2.05, 4.69) is 21.8 Å². The van der Waals surface area contributed by atoms with Gasteiger partial charge in [0.05, 0.1) is 17.6 Å². The summed E-state index contributed by atoms with van der Waals surface area (Å²) in [5, 5.41) is 12.2. The molecule has 0 aliphatic rings. The predicted molar refractivity (Wildman–Crippen MR) is 89.9 cm³/mol. The molecule has 0 bridgehead atoms. The molecule has 0 aliphatic carbocycles. The average molecular weight is 304 g/mol. The van der Waals surface area contributed by atoms with Crippen molar-refractivity contribution in [1.82, 2.24) is 20.3 Å². The Kier molecular flexibility index (Phi) is 7.32. The van der Waals surface area contributed by atoms with Crippen LogP contribution in [0.2, 0.25) is 0 Å². The third kappa shape index (κ3) is 5.89. The molecule has 5 heteroatoms. The summed E-state index contributed by atoms with van der Waals surface area (Å²) in [4.78, 5) is 1.68. The van der Waals surface area contributed by atoms with E-state index in [9.17, 15) is 0 Å². The van der Waals surface area contributed by atoms with Gasteiger partial charge < -0.3 is 5.32 Å². The molecule has 1 heterocycles. The van der Waals surface area contributed by atoms with Gasteiger partial charge in [-0.05, 0) is 43.5 Å². The first-order valence-corrected chi connectivity index (χ1v) is 8.96. The van der Waals surface area contributed by atoms with Gasteiger partial charge in [0, 0.05) is 6.54 Å². The molecule has 1 aromatic carbocycles. The Morgan fingerprint density at radius 2 is 1.90 bits per heavy atom. The maximum Gasteiger partial charge on any atom is 0.0969 e. The van der Waals surface area contributed by atoms with Gasteiger partial charge in [0.2, 0.25) is 0 Å². The fourth-order valence-electron chi connectivity index (χ4n) is 2.13. The Bertz CT molecular complexity index is 498. The molecule has 0 atom stereocenters. The first-order valence-electron chi connectivity index (χ1n) is 7.56. The average Bonchev–Trinajstić information content (AvgIpc) is 3.00. The Labute approximate surface area is 131 Å². The molecular weight excluding hydrogens is 280 g/mol.